The van der Waals surface area contributed by atoms with Gasteiger partial charge in [0.25, 0.3) is 0 Å². The normalized spacial score (nSPS) is 20.9. The van der Waals surface area contributed by atoms with Crippen LogP contribution >= 0.6 is 23.3 Å². The second-order valence-corrected chi connectivity index (χ2v) is 5.19. The van der Waals surface area contributed by atoms with Gasteiger partial charge in [0.1, 0.15) is 0 Å². The molecule has 4 nitrogen and oxygen atoms in total. The molecular formula is C8H12N4S2. The summed E-state index contributed by atoms with van der Waals surface area (Å²) in [6, 6.07) is 0. The van der Waals surface area contributed by atoms with Gasteiger partial charge >= 0.3 is 0 Å². The fourth-order valence-electron chi connectivity index (χ4n) is 1.16. The molecule has 0 fully saturated rings. The smallest absolute Gasteiger partial charge is 0.157 e. The quantitative estimate of drug-likeness (QED) is 0.852. The summed E-state index contributed by atoms with van der Waals surface area (Å²) in [5, 5.41) is 8.80. The molecule has 1 atom stereocenters. The molecule has 0 amide bonds. The highest BCUT2D eigenvalue weighted by atomic mass is 32.2. The molecule has 1 aromatic rings. The maximum absolute atomic E-state index is 4.42. The molecule has 0 spiro atoms. The van der Waals surface area contributed by atoms with E-state index in [1.165, 1.54) is 18.0 Å². The Morgan fingerprint density at radius 1 is 1.64 bits per heavy atom. The van der Waals surface area contributed by atoms with Crippen LogP contribution in [0.2, 0.25) is 0 Å². The summed E-state index contributed by atoms with van der Waals surface area (Å²) < 4.78 is 3.80. The maximum atomic E-state index is 4.42. The van der Waals surface area contributed by atoms with Gasteiger partial charge in [-0.25, -0.2) is 0 Å². The first-order valence-electron chi connectivity index (χ1n) is 4.59. The largest absolute Gasteiger partial charge is 0.360 e. The van der Waals surface area contributed by atoms with Crippen LogP contribution in [0.4, 0.5) is 0 Å². The highest BCUT2D eigenvalue weighted by Crippen LogP contribution is 2.22. The molecule has 1 aliphatic rings. The van der Waals surface area contributed by atoms with Crippen LogP contribution in [0.1, 0.15) is 18.2 Å². The van der Waals surface area contributed by atoms with Gasteiger partial charge in [-0.2, -0.15) is 0 Å². The van der Waals surface area contributed by atoms with Crippen molar-refractivity contribution in [1.29, 1.82) is 0 Å². The Balaban J connectivity index is 1.77. The van der Waals surface area contributed by atoms with Crippen molar-refractivity contribution in [1.82, 2.24) is 14.9 Å². The van der Waals surface area contributed by atoms with Gasteiger partial charge in [0.15, 0.2) is 5.17 Å². The van der Waals surface area contributed by atoms with Crippen LogP contribution in [-0.2, 0) is 6.54 Å². The van der Waals surface area contributed by atoms with Crippen molar-refractivity contribution in [2.24, 2.45) is 4.99 Å². The van der Waals surface area contributed by atoms with E-state index in [2.05, 4.69) is 26.8 Å². The summed E-state index contributed by atoms with van der Waals surface area (Å²) in [5.74, 6) is 0. The lowest BCUT2D eigenvalue weighted by atomic mass is 10.3. The van der Waals surface area contributed by atoms with Gasteiger partial charge < -0.3 is 5.32 Å². The Morgan fingerprint density at radius 3 is 3.21 bits per heavy atom. The summed E-state index contributed by atoms with van der Waals surface area (Å²) in [7, 11) is 0. The van der Waals surface area contributed by atoms with E-state index in [4.69, 9.17) is 0 Å². The lowest BCUT2D eigenvalue weighted by Crippen LogP contribution is -2.18. The molecule has 6 heteroatoms. The van der Waals surface area contributed by atoms with E-state index in [1.54, 1.807) is 6.20 Å². The average molecular weight is 228 g/mol. The van der Waals surface area contributed by atoms with Gasteiger partial charge in [-0.3, -0.25) is 4.99 Å². The minimum Gasteiger partial charge on any atom is -0.360 e. The van der Waals surface area contributed by atoms with Crippen molar-refractivity contribution >= 4 is 28.5 Å². The zero-order chi connectivity index (χ0) is 9.80. The van der Waals surface area contributed by atoms with Gasteiger partial charge in [-0.15, -0.1) is 5.10 Å². The van der Waals surface area contributed by atoms with E-state index in [0.717, 1.165) is 23.1 Å². The molecule has 2 rings (SSSR count). The summed E-state index contributed by atoms with van der Waals surface area (Å²) in [4.78, 5) is 5.57. The Kier molecular flexibility index (Phi) is 3.36. The fraction of sp³-hybridized carbons (Fsp3) is 0.625. The molecule has 0 saturated carbocycles. The van der Waals surface area contributed by atoms with E-state index in [0.29, 0.717) is 5.25 Å². The molecule has 0 saturated heterocycles. The molecule has 76 valence electrons. The standard InChI is InChI=1S/C8H12N4S2/c1-2-6-3-9-8(13-6)10-4-7-5-11-12-14-7/h5-6H,2-4H2,1H3,(H,9,10). The number of nitrogens with zero attached hydrogens (tertiary/aromatic N) is 3. The number of amidine groups is 1. The molecule has 0 aromatic carbocycles. The van der Waals surface area contributed by atoms with Crippen LogP contribution in [0.25, 0.3) is 0 Å². The first-order valence-corrected chi connectivity index (χ1v) is 6.25. The predicted molar refractivity (Wildman–Crippen MR) is 60.7 cm³/mol. The lowest BCUT2D eigenvalue weighted by molar-refractivity contribution is 0.840. The lowest BCUT2D eigenvalue weighted by Gasteiger charge is -2.04. The molecule has 0 radical (unpaired) electrons. The minimum atomic E-state index is 0.664. The van der Waals surface area contributed by atoms with Crippen molar-refractivity contribution in [3.8, 4) is 0 Å². The number of hydrogen-bond acceptors (Lipinski definition) is 6. The number of rotatable bonds is 3. The van der Waals surface area contributed by atoms with Crippen LogP contribution in [0, 0.1) is 0 Å². The fourth-order valence-corrected chi connectivity index (χ4v) is 2.52. The highest BCUT2D eigenvalue weighted by Gasteiger charge is 2.17. The van der Waals surface area contributed by atoms with Gasteiger partial charge in [0.2, 0.25) is 0 Å². The average Bonchev–Trinajstić information content (AvgIpc) is 2.86. The summed E-state index contributed by atoms with van der Waals surface area (Å²) in [6.45, 7) is 3.94. The van der Waals surface area contributed by atoms with Gasteiger partial charge in [-0.1, -0.05) is 23.2 Å². The van der Waals surface area contributed by atoms with E-state index in [1.807, 2.05) is 11.8 Å². The monoisotopic (exact) mass is 228 g/mol. The number of nitrogens with one attached hydrogen (secondary N) is 1. The van der Waals surface area contributed by atoms with Gasteiger partial charge in [0.05, 0.1) is 24.2 Å². The topological polar surface area (TPSA) is 50.2 Å². The van der Waals surface area contributed by atoms with Crippen molar-refractivity contribution < 1.29 is 0 Å². The summed E-state index contributed by atoms with van der Waals surface area (Å²) in [6.07, 6.45) is 2.97. The van der Waals surface area contributed by atoms with E-state index < -0.39 is 0 Å². The molecule has 0 aliphatic carbocycles. The van der Waals surface area contributed by atoms with Crippen molar-refractivity contribution in [2.45, 2.75) is 25.1 Å². The number of aromatic nitrogens is 2. The molecule has 1 aliphatic heterocycles. The first kappa shape index (κ1) is 9.92. The zero-order valence-electron chi connectivity index (χ0n) is 7.93. The Labute approximate surface area is 91.4 Å². The molecule has 0 bridgehead atoms. The SMILES string of the molecule is CCC1CN=C(NCc2cnns2)S1. The molecule has 1 aromatic heterocycles. The highest BCUT2D eigenvalue weighted by molar-refractivity contribution is 8.14. The third-order valence-corrected chi connectivity index (χ3v) is 3.97. The third kappa shape index (κ3) is 2.45. The van der Waals surface area contributed by atoms with Crippen LogP contribution in [-0.4, -0.2) is 26.5 Å². The first-order chi connectivity index (χ1) is 6.88. The molecule has 1 unspecified atom stereocenters. The molecule has 2 heterocycles. The molecular weight excluding hydrogens is 216 g/mol. The van der Waals surface area contributed by atoms with Gasteiger partial charge in [-0.05, 0) is 18.0 Å². The van der Waals surface area contributed by atoms with Crippen molar-refractivity contribution in [3.05, 3.63) is 11.1 Å². The Bertz CT molecular complexity index is 309. The zero-order valence-corrected chi connectivity index (χ0v) is 9.57. The number of aliphatic imine (C=N–C) groups is 1. The Hall–Kier alpha value is -0.620. The van der Waals surface area contributed by atoms with Crippen LogP contribution < -0.4 is 5.32 Å². The minimum absolute atomic E-state index is 0.664. The Morgan fingerprint density at radius 2 is 2.57 bits per heavy atom. The van der Waals surface area contributed by atoms with Crippen LogP contribution in [0.5, 0.6) is 0 Å². The number of thioether (sulfide) groups is 1. The van der Waals surface area contributed by atoms with E-state index in [9.17, 15) is 0 Å². The maximum Gasteiger partial charge on any atom is 0.157 e. The number of hydrogen-bond donors (Lipinski definition) is 1. The van der Waals surface area contributed by atoms with Gasteiger partial charge in [0, 0.05) is 5.25 Å². The van der Waals surface area contributed by atoms with E-state index in [-0.39, 0.29) is 0 Å². The molecule has 14 heavy (non-hydrogen) atoms. The van der Waals surface area contributed by atoms with Crippen molar-refractivity contribution in [3.63, 3.8) is 0 Å². The summed E-state index contributed by atoms with van der Waals surface area (Å²) in [5.41, 5.74) is 0. The predicted octanol–water partition coefficient (Wildman–Crippen LogP) is 1.51. The van der Waals surface area contributed by atoms with Crippen molar-refractivity contribution in [2.75, 3.05) is 6.54 Å². The van der Waals surface area contributed by atoms with E-state index >= 15 is 0 Å². The third-order valence-electron chi connectivity index (χ3n) is 1.99. The second kappa shape index (κ2) is 4.75. The van der Waals surface area contributed by atoms with Crippen LogP contribution in [0.3, 0.4) is 0 Å². The second-order valence-electron chi connectivity index (χ2n) is 3.03. The van der Waals surface area contributed by atoms with Crippen LogP contribution in [0.15, 0.2) is 11.2 Å². The molecule has 1 N–H and O–H groups in total. The summed E-state index contributed by atoms with van der Waals surface area (Å²) >= 11 is 3.26.